The zero-order valence-electron chi connectivity index (χ0n) is 13.2. The summed E-state index contributed by atoms with van der Waals surface area (Å²) in [6, 6.07) is 0. The van der Waals surface area contributed by atoms with Crippen LogP contribution in [0.2, 0.25) is 0 Å². The van der Waals surface area contributed by atoms with Gasteiger partial charge in [-0.05, 0) is 19.3 Å². The van der Waals surface area contributed by atoms with E-state index in [1.807, 2.05) is 4.90 Å². The largest absolute Gasteiger partial charge is 0.385 e. The SMILES string of the molecule is COCCCN1CCN(C(=O)c2cnc(C3CC3)nc2)CC1. The van der Waals surface area contributed by atoms with Gasteiger partial charge in [-0.3, -0.25) is 9.69 Å². The van der Waals surface area contributed by atoms with Crippen molar-refractivity contribution in [1.29, 1.82) is 0 Å². The van der Waals surface area contributed by atoms with Crippen LogP contribution in [0, 0.1) is 0 Å². The Labute approximate surface area is 131 Å². The highest BCUT2D eigenvalue weighted by atomic mass is 16.5. The molecule has 0 aromatic carbocycles. The number of nitrogens with zero attached hydrogens (tertiary/aromatic N) is 4. The minimum Gasteiger partial charge on any atom is -0.385 e. The Hall–Kier alpha value is -1.53. The van der Waals surface area contributed by atoms with Gasteiger partial charge in [0.1, 0.15) is 5.82 Å². The van der Waals surface area contributed by atoms with Crippen LogP contribution in [0.15, 0.2) is 12.4 Å². The topological polar surface area (TPSA) is 58.6 Å². The minimum atomic E-state index is 0.0545. The lowest BCUT2D eigenvalue weighted by Crippen LogP contribution is -2.49. The van der Waals surface area contributed by atoms with Gasteiger partial charge in [-0.25, -0.2) is 9.97 Å². The maximum atomic E-state index is 12.5. The Morgan fingerprint density at radius 2 is 1.91 bits per heavy atom. The molecule has 0 spiro atoms. The van der Waals surface area contributed by atoms with Gasteiger partial charge in [0.05, 0.1) is 5.56 Å². The quantitative estimate of drug-likeness (QED) is 0.738. The first kappa shape index (κ1) is 15.4. The molecule has 2 aliphatic rings. The van der Waals surface area contributed by atoms with Crippen LogP contribution in [-0.4, -0.2) is 72.1 Å². The van der Waals surface area contributed by atoms with E-state index in [1.54, 1.807) is 19.5 Å². The second-order valence-corrected chi connectivity index (χ2v) is 6.08. The predicted octanol–water partition coefficient (Wildman–Crippen LogP) is 1.15. The Bertz CT molecular complexity index is 493. The Kier molecular flexibility index (Phi) is 5.00. The van der Waals surface area contributed by atoms with E-state index in [2.05, 4.69) is 14.9 Å². The maximum Gasteiger partial charge on any atom is 0.257 e. The monoisotopic (exact) mass is 304 g/mol. The number of methoxy groups -OCH3 is 1. The number of hydrogen-bond acceptors (Lipinski definition) is 5. The average molecular weight is 304 g/mol. The van der Waals surface area contributed by atoms with Crippen molar-refractivity contribution in [2.45, 2.75) is 25.2 Å². The molecular formula is C16H24N4O2. The van der Waals surface area contributed by atoms with Crippen LogP contribution in [0.5, 0.6) is 0 Å². The molecule has 2 heterocycles. The van der Waals surface area contributed by atoms with E-state index in [4.69, 9.17) is 4.74 Å². The van der Waals surface area contributed by atoms with Gasteiger partial charge in [0.25, 0.3) is 5.91 Å². The number of carbonyl (C=O) groups excluding carboxylic acids is 1. The number of aromatic nitrogens is 2. The molecule has 1 saturated carbocycles. The molecule has 0 unspecified atom stereocenters. The van der Waals surface area contributed by atoms with Crippen LogP contribution in [0.3, 0.4) is 0 Å². The lowest BCUT2D eigenvalue weighted by Gasteiger charge is -2.34. The highest BCUT2D eigenvalue weighted by Crippen LogP contribution is 2.37. The summed E-state index contributed by atoms with van der Waals surface area (Å²) in [7, 11) is 1.73. The molecule has 0 N–H and O–H groups in total. The number of amides is 1. The number of rotatable bonds is 6. The molecule has 0 radical (unpaired) electrons. The first-order valence-corrected chi connectivity index (χ1v) is 8.10. The van der Waals surface area contributed by atoms with Crippen LogP contribution >= 0.6 is 0 Å². The van der Waals surface area contributed by atoms with E-state index in [1.165, 1.54) is 12.8 Å². The van der Waals surface area contributed by atoms with E-state index in [0.717, 1.165) is 51.6 Å². The van der Waals surface area contributed by atoms with Crippen molar-refractivity contribution in [2.24, 2.45) is 0 Å². The van der Waals surface area contributed by atoms with Crippen molar-refractivity contribution in [3.05, 3.63) is 23.8 Å². The van der Waals surface area contributed by atoms with E-state index in [9.17, 15) is 4.79 Å². The van der Waals surface area contributed by atoms with Crippen LogP contribution in [0.4, 0.5) is 0 Å². The molecule has 120 valence electrons. The highest BCUT2D eigenvalue weighted by Gasteiger charge is 2.27. The normalized spacial score (nSPS) is 19.4. The van der Waals surface area contributed by atoms with Gasteiger partial charge < -0.3 is 9.64 Å². The highest BCUT2D eigenvalue weighted by molar-refractivity contribution is 5.93. The van der Waals surface area contributed by atoms with Crippen LogP contribution < -0.4 is 0 Å². The summed E-state index contributed by atoms with van der Waals surface area (Å²) in [5, 5.41) is 0. The van der Waals surface area contributed by atoms with Crippen molar-refractivity contribution < 1.29 is 9.53 Å². The second-order valence-electron chi connectivity index (χ2n) is 6.08. The molecule has 1 amide bonds. The summed E-state index contributed by atoms with van der Waals surface area (Å²) in [5.74, 6) is 1.47. The smallest absolute Gasteiger partial charge is 0.257 e. The van der Waals surface area contributed by atoms with Crippen LogP contribution in [-0.2, 0) is 4.74 Å². The average Bonchev–Trinajstić information content (AvgIpc) is 3.40. The van der Waals surface area contributed by atoms with Gasteiger partial charge in [0, 0.05) is 64.8 Å². The first-order chi connectivity index (χ1) is 10.8. The molecule has 1 aromatic heterocycles. The van der Waals surface area contributed by atoms with E-state index >= 15 is 0 Å². The van der Waals surface area contributed by atoms with Gasteiger partial charge in [0.15, 0.2) is 0 Å². The molecule has 3 rings (SSSR count). The van der Waals surface area contributed by atoms with Crippen molar-refractivity contribution in [2.75, 3.05) is 46.4 Å². The third-order valence-corrected chi connectivity index (χ3v) is 4.34. The van der Waals surface area contributed by atoms with Crippen LogP contribution in [0.25, 0.3) is 0 Å². The minimum absolute atomic E-state index is 0.0545. The molecule has 22 heavy (non-hydrogen) atoms. The number of piperazine rings is 1. The lowest BCUT2D eigenvalue weighted by molar-refractivity contribution is 0.0623. The molecule has 2 fully saturated rings. The van der Waals surface area contributed by atoms with E-state index in [-0.39, 0.29) is 5.91 Å². The summed E-state index contributed by atoms with van der Waals surface area (Å²) in [5.41, 5.74) is 0.609. The first-order valence-electron chi connectivity index (χ1n) is 8.10. The van der Waals surface area contributed by atoms with Crippen molar-refractivity contribution in [3.8, 4) is 0 Å². The molecule has 6 nitrogen and oxygen atoms in total. The van der Waals surface area contributed by atoms with E-state index in [0.29, 0.717) is 11.5 Å². The maximum absolute atomic E-state index is 12.5. The van der Waals surface area contributed by atoms with E-state index < -0.39 is 0 Å². The Balaban J connectivity index is 1.48. The van der Waals surface area contributed by atoms with Gasteiger partial charge in [0.2, 0.25) is 0 Å². The molecule has 0 atom stereocenters. The second kappa shape index (κ2) is 7.15. The van der Waals surface area contributed by atoms with Gasteiger partial charge >= 0.3 is 0 Å². The van der Waals surface area contributed by atoms with Gasteiger partial charge in [-0.15, -0.1) is 0 Å². The summed E-state index contributed by atoms with van der Waals surface area (Å²) in [4.78, 5) is 25.4. The number of hydrogen-bond donors (Lipinski definition) is 0. The predicted molar refractivity (Wildman–Crippen MR) is 82.8 cm³/mol. The third-order valence-electron chi connectivity index (χ3n) is 4.34. The molecule has 0 bridgehead atoms. The number of carbonyl (C=O) groups is 1. The van der Waals surface area contributed by atoms with Crippen molar-refractivity contribution in [3.63, 3.8) is 0 Å². The van der Waals surface area contributed by atoms with Gasteiger partial charge in [-0.2, -0.15) is 0 Å². The standard InChI is InChI=1S/C16H24N4O2/c1-22-10-2-5-19-6-8-20(9-7-19)16(21)14-11-17-15(18-12-14)13-3-4-13/h11-13H,2-10H2,1H3. The van der Waals surface area contributed by atoms with Crippen LogP contribution in [0.1, 0.15) is 41.4 Å². The molecule has 1 aromatic rings. The Morgan fingerprint density at radius 3 is 2.50 bits per heavy atom. The van der Waals surface area contributed by atoms with Gasteiger partial charge in [-0.1, -0.05) is 0 Å². The fraction of sp³-hybridized carbons (Fsp3) is 0.688. The molecule has 6 heteroatoms. The summed E-state index contributed by atoms with van der Waals surface area (Å²) < 4.78 is 5.08. The fourth-order valence-electron chi connectivity index (χ4n) is 2.79. The molecule has 1 aliphatic carbocycles. The lowest BCUT2D eigenvalue weighted by atomic mass is 10.2. The molecular weight excluding hydrogens is 280 g/mol. The Morgan fingerprint density at radius 1 is 1.23 bits per heavy atom. The zero-order chi connectivity index (χ0) is 15.4. The summed E-state index contributed by atoms with van der Waals surface area (Å²) in [6.45, 7) is 5.23. The number of ether oxygens (including phenoxy) is 1. The molecule has 1 aliphatic heterocycles. The van der Waals surface area contributed by atoms with Crippen molar-refractivity contribution >= 4 is 5.91 Å². The third kappa shape index (κ3) is 3.81. The zero-order valence-corrected chi connectivity index (χ0v) is 13.2. The molecule has 1 saturated heterocycles. The summed E-state index contributed by atoms with van der Waals surface area (Å²) in [6.07, 6.45) is 6.78. The summed E-state index contributed by atoms with van der Waals surface area (Å²) >= 11 is 0. The van der Waals surface area contributed by atoms with Crippen molar-refractivity contribution in [1.82, 2.24) is 19.8 Å². The fourth-order valence-corrected chi connectivity index (χ4v) is 2.79.